The SMILES string of the molecule is CCN(CCO)C(=O)CNCC1CC1. The molecule has 1 saturated carbocycles. The highest BCUT2D eigenvalue weighted by atomic mass is 16.3. The van der Waals surface area contributed by atoms with E-state index < -0.39 is 0 Å². The molecule has 0 saturated heterocycles. The predicted molar refractivity (Wildman–Crippen MR) is 54.9 cm³/mol. The first-order valence-electron chi connectivity index (χ1n) is 5.37. The Kier molecular flexibility index (Phi) is 4.90. The van der Waals surface area contributed by atoms with Crippen LogP contribution in [0.15, 0.2) is 0 Å². The molecule has 4 heteroatoms. The second kappa shape index (κ2) is 5.98. The Bertz CT molecular complexity index is 181. The van der Waals surface area contributed by atoms with Crippen LogP contribution in [0.2, 0.25) is 0 Å². The van der Waals surface area contributed by atoms with Crippen LogP contribution in [0.25, 0.3) is 0 Å². The molecule has 0 atom stereocenters. The van der Waals surface area contributed by atoms with Gasteiger partial charge in [0, 0.05) is 13.1 Å². The van der Waals surface area contributed by atoms with Crippen molar-refractivity contribution in [2.45, 2.75) is 19.8 Å². The Balaban J connectivity index is 2.09. The zero-order valence-corrected chi connectivity index (χ0v) is 8.83. The van der Waals surface area contributed by atoms with E-state index in [1.165, 1.54) is 12.8 Å². The van der Waals surface area contributed by atoms with Gasteiger partial charge in [0.1, 0.15) is 0 Å². The summed E-state index contributed by atoms with van der Waals surface area (Å²) in [5, 5.41) is 11.9. The molecule has 2 N–H and O–H groups in total. The minimum Gasteiger partial charge on any atom is -0.395 e. The van der Waals surface area contributed by atoms with Crippen LogP contribution in [0.1, 0.15) is 19.8 Å². The molecule has 0 spiro atoms. The van der Waals surface area contributed by atoms with Gasteiger partial charge in [-0.3, -0.25) is 4.79 Å². The largest absolute Gasteiger partial charge is 0.395 e. The van der Waals surface area contributed by atoms with E-state index in [1.54, 1.807) is 4.90 Å². The molecule has 0 aliphatic heterocycles. The topological polar surface area (TPSA) is 52.6 Å². The molecule has 4 nitrogen and oxygen atoms in total. The summed E-state index contributed by atoms with van der Waals surface area (Å²) in [5.41, 5.74) is 0. The smallest absolute Gasteiger partial charge is 0.236 e. The first-order valence-corrected chi connectivity index (χ1v) is 5.37. The van der Waals surface area contributed by atoms with Crippen molar-refractivity contribution in [2.24, 2.45) is 5.92 Å². The van der Waals surface area contributed by atoms with Crippen molar-refractivity contribution in [1.82, 2.24) is 10.2 Å². The number of nitrogens with zero attached hydrogens (tertiary/aromatic N) is 1. The number of carbonyl (C=O) groups excluding carboxylic acids is 1. The number of rotatable bonds is 7. The van der Waals surface area contributed by atoms with E-state index in [0.717, 1.165) is 12.5 Å². The number of amides is 1. The van der Waals surface area contributed by atoms with E-state index in [1.807, 2.05) is 6.92 Å². The maximum absolute atomic E-state index is 11.5. The summed E-state index contributed by atoms with van der Waals surface area (Å²) in [7, 11) is 0. The monoisotopic (exact) mass is 200 g/mol. The highest BCUT2D eigenvalue weighted by Crippen LogP contribution is 2.27. The summed E-state index contributed by atoms with van der Waals surface area (Å²) in [4.78, 5) is 13.2. The van der Waals surface area contributed by atoms with Crippen molar-refractivity contribution in [3.63, 3.8) is 0 Å². The van der Waals surface area contributed by atoms with Crippen molar-refractivity contribution >= 4 is 5.91 Å². The van der Waals surface area contributed by atoms with Gasteiger partial charge in [0.05, 0.1) is 13.2 Å². The number of likely N-dealkylation sites (N-methyl/N-ethyl adjacent to an activating group) is 1. The Morgan fingerprint density at radius 2 is 2.29 bits per heavy atom. The maximum Gasteiger partial charge on any atom is 0.236 e. The van der Waals surface area contributed by atoms with E-state index >= 15 is 0 Å². The first kappa shape index (κ1) is 11.5. The van der Waals surface area contributed by atoms with Gasteiger partial charge < -0.3 is 15.3 Å². The van der Waals surface area contributed by atoms with E-state index in [2.05, 4.69) is 5.32 Å². The summed E-state index contributed by atoms with van der Waals surface area (Å²) in [6.07, 6.45) is 2.60. The van der Waals surface area contributed by atoms with Crippen molar-refractivity contribution in [3.8, 4) is 0 Å². The molecule has 1 rings (SSSR count). The molecular weight excluding hydrogens is 180 g/mol. The molecular formula is C10H20N2O2. The molecule has 1 aliphatic carbocycles. The van der Waals surface area contributed by atoms with Crippen LogP contribution in [0.3, 0.4) is 0 Å². The molecule has 0 aromatic heterocycles. The quantitative estimate of drug-likeness (QED) is 0.600. The fourth-order valence-electron chi connectivity index (χ4n) is 1.40. The molecule has 14 heavy (non-hydrogen) atoms. The van der Waals surface area contributed by atoms with Gasteiger partial charge >= 0.3 is 0 Å². The van der Waals surface area contributed by atoms with Gasteiger partial charge in [-0.05, 0) is 32.2 Å². The molecule has 0 radical (unpaired) electrons. The molecule has 1 aliphatic rings. The predicted octanol–water partition coefficient (Wildman–Crippen LogP) is -0.173. The van der Waals surface area contributed by atoms with E-state index in [4.69, 9.17) is 5.11 Å². The van der Waals surface area contributed by atoms with Gasteiger partial charge in [-0.1, -0.05) is 0 Å². The number of hydrogen-bond donors (Lipinski definition) is 2. The molecule has 0 heterocycles. The van der Waals surface area contributed by atoms with Crippen LogP contribution in [0.5, 0.6) is 0 Å². The van der Waals surface area contributed by atoms with Crippen LogP contribution < -0.4 is 5.32 Å². The third kappa shape index (κ3) is 4.07. The number of hydrogen-bond acceptors (Lipinski definition) is 3. The zero-order chi connectivity index (χ0) is 10.4. The molecule has 0 bridgehead atoms. The first-order chi connectivity index (χ1) is 6.77. The second-order valence-corrected chi connectivity index (χ2v) is 3.77. The Hall–Kier alpha value is -0.610. The molecule has 1 fully saturated rings. The zero-order valence-electron chi connectivity index (χ0n) is 8.83. The molecule has 0 aromatic carbocycles. The van der Waals surface area contributed by atoms with Crippen LogP contribution in [-0.4, -0.2) is 48.7 Å². The van der Waals surface area contributed by atoms with Crippen LogP contribution in [-0.2, 0) is 4.79 Å². The number of aliphatic hydroxyl groups excluding tert-OH is 1. The summed E-state index contributed by atoms with van der Waals surface area (Å²) >= 11 is 0. The van der Waals surface area contributed by atoms with Crippen LogP contribution in [0, 0.1) is 5.92 Å². The summed E-state index contributed by atoms with van der Waals surface area (Å²) in [5.74, 6) is 0.887. The van der Waals surface area contributed by atoms with Gasteiger partial charge in [-0.2, -0.15) is 0 Å². The summed E-state index contributed by atoms with van der Waals surface area (Å²) in [6, 6.07) is 0. The maximum atomic E-state index is 11.5. The van der Waals surface area contributed by atoms with Crippen molar-refractivity contribution in [2.75, 3.05) is 32.8 Å². The van der Waals surface area contributed by atoms with E-state index in [-0.39, 0.29) is 12.5 Å². The van der Waals surface area contributed by atoms with Crippen molar-refractivity contribution < 1.29 is 9.90 Å². The van der Waals surface area contributed by atoms with E-state index in [9.17, 15) is 4.79 Å². The fourth-order valence-corrected chi connectivity index (χ4v) is 1.40. The van der Waals surface area contributed by atoms with Crippen molar-refractivity contribution in [3.05, 3.63) is 0 Å². The lowest BCUT2D eigenvalue weighted by Gasteiger charge is -2.19. The van der Waals surface area contributed by atoms with Crippen LogP contribution in [0.4, 0.5) is 0 Å². The lowest BCUT2D eigenvalue weighted by molar-refractivity contribution is -0.130. The molecule has 1 amide bonds. The second-order valence-electron chi connectivity index (χ2n) is 3.77. The Morgan fingerprint density at radius 3 is 2.79 bits per heavy atom. The molecule has 0 aromatic rings. The number of nitrogens with one attached hydrogen (secondary N) is 1. The summed E-state index contributed by atoms with van der Waals surface area (Å²) < 4.78 is 0. The average Bonchev–Trinajstić information content (AvgIpc) is 2.97. The van der Waals surface area contributed by atoms with Gasteiger partial charge in [-0.25, -0.2) is 0 Å². The molecule has 0 unspecified atom stereocenters. The van der Waals surface area contributed by atoms with Gasteiger partial charge in [0.15, 0.2) is 0 Å². The standard InChI is InChI=1S/C10H20N2O2/c1-2-12(5-6-13)10(14)8-11-7-9-3-4-9/h9,11,13H,2-8H2,1H3. The number of carbonyl (C=O) groups is 1. The minimum absolute atomic E-state index is 0.0439. The summed E-state index contributed by atoms with van der Waals surface area (Å²) in [6.45, 7) is 4.45. The van der Waals surface area contributed by atoms with Crippen molar-refractivity contribution in [1.29, 1.82) is 0 Å². The lowest BCUT2D eigenvalue weighted by atomic mass is 10.4. The highest BCUT2D eigenvalue weighted by molar-refractivity contribution is 5.78. The van der Waals surface area contributed by atoms with Gasteiger partial charge in [0.25, 0.3) is 0 Å². The fraction of sp³-hybridized carbons (Fsp3) is 0.900. The third-order valence-electron chi connectivity index (χ3n) is 2.51. The minimum atomic E-state index is 0.0439. The van der Waals surface area contributed by atoms with Gasteiger partial charge in [0.2, 0.25) is 5.91 Å². The highest BCUT2D eigenvalue weighted by Gasteiger charge is 2.21. The van der Waals surface area contributed by atoms with Crippen LogP contribution >= 0.6 is 0 Å². The molecule has 82 valence electrons. The Labute approximate surface area is 85.3 Å². The number of aliphatic hydroxyl groups is 1. The normalized spacial score (nSPS) is 15.6. The Morgan fingerprint density at radius 1 is 1.57 bits per heavy atom. The van der Waals surface area contributed by atoms with E-state index in [0.29, 0.717) is 19.6 Å². The average molecular weight is 200 g/mol. The third-order valence-corrected chi connectivity index (χ3v) is 2.51. The lowest BCUT2D eigenvalue weighted by Crippen LogP contribution is -2.40. The van der Waals surface area contributed by atoms with Gasteiger partial charge in [-0.15, -0.1) is 0 Å².